The Labute approximate surface area is 454 Å². The van der Waals surface area contributed by atoms with Crippen LogP contribution in [0.5, 0.6) is 0 Å². The highest BCUT2D eigenvalue weighted by Gasteiger charge is 2.49. The molecule has 0 radical (unpaired) electrons. The molecule has 0 atom stereocenters. The molecular formula is C75H55NO2. The van der Waals surface area contributed by atoms with E-state index in [1.165, 1.54) is 99.8 Å². The lowest BCUT2D eigenvalue weighted by Crippen LogP contribution is -2.24. The van der Waals surface area contributed by atoms with Crippen LogP contribution in [-0.4, -0.2) is 0 Å². The van der Waals surface area contributed by atoms with Crippen molar-refractivity contribution in [2.24, 2.45) is 0 Å². The molecule has 2 aromatic heterocycles. The van der Waals surface area contributed by atoms with Gasteiger partial charge < -0.3 is 13.7 Å². The standard InChI is InChI=1S/C75H55NO2/c1-73(2)58-41-48(37-39-52(58)64-60(73)43-56(71-66(64)54-27-15-19-31-62(54)77-71)47-35-33-45(34-36-47)44-21-9-7-10-22-44)76(61-30-18-14-25-50(61)46-23-11-8-12-24-46)49-38-40-53-59(42-49)75(5,6)69-65(53)67-55-28-16-20-32-63(55)78-72(67)68-51-26-13-17-29-57(51)74(3,4)70(68)69/h7-43H,1-6H3. The third-order valence-electron chi connectivity index (χ3n) is 18.2. The molecule has 78 heavy (non-hydrogen) atoms. The molecule has 3 aliphatic rings. The van der Waals surface area contributed by atoms with E-state index in [-0.39, 0.29) is 16.2 Å². The largest absolute Gasteiger partial charge is 0.455 e. The van der Waals surface area contributed by atoms with Crippen LogP contribution < -0.4 is 4.90 Å². The van der Waals surface area contributed by atoms with Crippen molar-refractivity contribution in [3.63, 3.8) is 0 Å². The summed E-state index contributed by atoms with van der Waals surface area (Å²) < 4.78 is 14.0. The van der Waals surface area contributed by atoms with Crippen molar-refractivity contribution >= 4 is 60.9 Å². The number of benzene rings is 11. The van der Waals surface area contributed by atoms with E-state index in [2.05, 4.69) is 271 Å². The molecule has 0 spiro atoms. The predicted octanol–water partition coefficient (Wildman–Crippen LogP) is 20.9. The summed E-state index contributed by atoms with van der Waals surface area (Å²) in [4.78, 5) is 2.52. The fraction of sp³-hybridized carbons (Fsp3) is 0.120. The average Bonchev–Trinajstić information content (AvgIpc) is 2.86. The number of furan rings is 2. The number of anilines is 3. The number of hydrogen-bond acceptors (Lipinski definition) is 3. The van der Waals surface area contributed by atoms with Crippen molar-refractivity contribution in [3.8, 4) is 66.8 Å². The summed E-state index contributed by atoms with van der Waals surface area (Å²) in [6, 6.07) is 82.6. The third-order valence-corrected chi connectivity index (χ3v) is 18.2. The van der Waals surface area contributed by atoms with Gasteiger partial charge in [-0.15, -0.1) is 0 Å². The van der Waals surface area contributed by atoms with Crippen LogP contribution in [0.3, 0.4) is 0 Å². The molecule has 0 amide bonds. The summed E-state index contributed by atoms with van der Waals surface area (Å²) >= 11 is 0. The molecule has 2 heterocycles. The van der Waals surface area contributed by atoms with Crippen molar-refractivity contribution in [3.05, 3.63) is 258 Å². The fourth-order valence-corrected chi connectivity index (χ4v) is 14.5. The normalized spacial score (nSPS) is 14.8. The van der Waals surface area contributed by atoms with Crippen LogP contribution in [-0.2, 0) is 16.2 Å². The zero-order valence-corrected chi connectivity index (χ0v) is 44.6. The van der Waals surface area contributed by atoms with Crippen LogP contribution in [0, 0.1) is 0 Å². The van der Waals surface area contributed by atoms with Crippen LogP contribution in [0.15, 0.2) is 233 Å². The Hall–Kier alpha value is -9.18. The minimum Gasteiger partial charge on any atom is -0.455 e. The second kappa shape index (κ2) is 15.9. The molecule has 11 aromatic carbocycles. The van der Waals surface area contributed by atoms with E-state index < -0.39 is 0 Å². The van der Waals surface area contributed by atoms with Gasteiger partial charge in [-0.25, -0.2) is 0 Å². The van der Waals surface area contributed by atoms with Crippen molar-refractivity contribution in [2.45, 2.75) is 57.8 Å². The lowest BCUT2D eigenvalue weighted by Gasteiger charge is -2.32. The highest BCUT2D eigenvalue weighted by atomic mass is 16.3. The smallest absolute Gasteiger partial charge is 0.144 e. The molecule has 16 rings (SSSR count). The van der Waals surface area contributed by atoms with Crippen molar-refractivity contribution in [2.75, 3.05) is 4.90 Å². The third kappa shape index (κ3) is 6.05. The van der Waals surface area contributed by atoms with E-state index in [1.807, 2.05) is 0 Å². The van der Waals surface area contributed by atoms with E-state index in [4.69, 9.17) is 8.83 Å². The van der Waals surface area contributed by atoms with E-state index >= 15 is 0 Å². The van der Waals surface area contributed by atoms with Crippen LogP contribution in [0.25, 0.3) is 111 Å². The van der Waals surface area contributed by atoms with Gasteiger partial charge in [-0.2, -0.15) is 0 Å². The highest BCUT2D eigenvalue weighted by Crippen LogP contribution is 2.64. The Kier molecular flexibility index (Phi) is 9.21. The lowest BCUT2D eigenvalue weighted by atomic mass is 9.72. The number of rotatable bonds is 6. The lowest BCUT2D eigenvalue weighted by molar-refractivity contribution is 0.600. The van der Waals surface area contributed by atoms with Crippen molar-refractivity contribution in [1.29, 1.82) is 0 Å². The second-order valence-electron chi connectivity index (χ2n) is 23.5. The minimum atomic E-state index is -0.360. The van der Waals surface area contributed by atoms with Crippen molar-refractivity contribution < 1.29 is 8.83 Å². The summed E-state index contributed by atoms with van der Waals surface area (Å²) in [5, 5.41) is 4.69. The van der Waals surface area contributed by atoms with Gasteiger partial charge in [-0.05, 0) is 132 Å². The van der Waals surface area contributed by atoms with E-state index in [0.29, 0.717) is 0 Å². The summed E-state index contributed by atoms with van der Waals surface area (Å²) in [5.74, 6) is 0. The van der Waals surface area contributed by atoms with Gasteiger partial charge >= 0.3 is 0 Å². The first-order chi connectivity index (χ1) is 38.0. The quantitative estimate of drug-likeness (QED) is 0.166. The molecule has 0 unspecified atom stereocenters. The SMILES string of the molecule is CC1(C)c2cc(N(c3ccc4c(c3)C(C)(C)c3c5c(c6oc7ccccc7c6c3-4)-c3ccccc3C5(C)C)c3ccccc3-c3ccccc3)ccc2-c2c1cc(-c1ccc(-c3ccccc3)cc1)c1oc3ccccc3c21. The fourth-order valence-electron chi connectivity index (χ4n) is 14.5. The summed E-state index contributed by atoms with van der Waals surface area (Å²) in [6.45, 7) is 14.6. The summed E-state index contributed by atoms with van der Waals surface area (Å²) in [6.07, 6.45) is 0. The second-order valence-corrected chi connectivity index (χ2v) is 23.5. The first-order valence-electron chi connectivity index (χ1n) is 27.5. The van der Waals surface area contributed by atoms with E-state index in [9.17, 15) is 0 Å². The van der Waals surface area contributed by atoms with Gasteiger partial charge in [0, 0.05) is 65.9 Å². The molecule has 3 heteroatoms. The van der Waals surface area contributed by atoms with Gasteiger partial charge in [0.05, 0.1) is 5.69 Å². The Balaban J connectivity index is 0.910. The van der Waals surface area contributed by atoms with Gasteiger partial charge in [-0.1, -0.05) is 217 Å². The van der Waals surface area contributed by atoms with Crippen LogP contribution in [0.1, 0.15) is 74.9 Å². The Bertz CT molecular complexity index is 4680. The summed E-state index contributed by atoms with van der Waals surface area (Å²) in [5.41, 5.74) is 28.8. The van der Waals surface area contributed by atoms with Crippen LogP contribution >= 0.6 is 0 Å². The average molecular weight is 1000 g/mol. The highest BCUT2D eigenvalue weighted by molar-refractivity contribution is 6.21. The molecule has 3 nitrogen and oxygen atoms in total. The number of fused-ring (bicyclic) bond motifs is 19. The maximum absolute atomic E-state index is 7.04. The Morgan fingerprint density at radius 3 is 1.45 bits per heavy atom. The van der Waals surface area contributed by atoms with E-state index in [0.717, 1.165) is 61.3 Å². The topological polar surface area (TPSA) is 29.5 Å². The molecule has 0 bridgehead atoms. The van der Waals surface area contributed by atoms with Gasteiger partial charge in [-0.3, -0.25) is 0 Å². The maximum atomic E-state index is 7.04. The maximum Gasteiger partial charge on any atom is 0.144 e. The molecule has 0 fully saturated rings. The molecule has 0 saturated carbocycles. The molecule has 0 aliphatic heterocycles. The molecular weight excluding hydrogens is 947 g/mol. The van der Waals surface area contributed by atoms with Crippen molar-refractivity contribution in [1.82, 2.24) is 0 Å². The van der Waals surface area contributed by atoms with E-state index in [1.54, 1.807) is 0 Å². The minimum absolute atomic E-state index is 0.247. The van der Waals surface area contributed by atoms with Gasteiger partial charge in [0.2, 0.25) is 0 Å². The zero-order valence-electron chi connectivity index (χ0n) is 44.6. The Morgan fingerprint density at radius 1 is 0.308 bits per heavy atom. The number of nitrogens with zero attached hydrogens (tertiary/aromatic N) is 1. The molecule has 0 N–H and O–H groups in total. The first-order valence-corrected chi connectivity index (χ1v) is 27.5. The molecule has 372 valence electrons. The molecule has 3 aliphatic carbocycles. The zero-order chi connectivity index (χ0) is 52.4. The predicted molar refractivity (Wildman–Crippen MR) is 325 cm³/mol. The first kappa shape index (κ1) is 45.1. The Morgan fingerprint density at radius 2 is 0.769 bits per heavy atom. The van der Waals surface area contributed by atoms with Gasteiger partial charge in [0.25, 0.3) is 0 Å². The van der Waals surface area contributed by atoms with Crippen LogP contribution in [0.2, 0.25) is 0 Å². The molecule has 0 saturated heterocycles. The van der Waals surface area contributed by atoms with Gasteiger partial charge in [0.1, 0.15) is 22.3 Å². The van der Waals surface area contributed by atoms with Crippen LogP contribution in [0.4, 0.5) is 17.1 Å². The number of hydrogen-bond donors (Lipinski definition) is 0. The molecule has 13 aromatic rings. The monoisotopic (exact) mass is 1000 g/mol. The van der Waals surface area contributed by atoms with Gasteiger partial charge in [0.15, 0.2) is 0 Å². The number of para-hydroxylation sites is 3. The summed E-state index contributed by atoms with van der Waals surface area (Å²) in [7, 11) is 0.